The lowest BCUT2D eigenvalue weighted by atomic mass is 10.4. The lowest BCUT2D eigenvalue weighted by molar-refractivity contribution is 0.377. The third-order valence-electron chi connectivity index (χ3n) is 1.65. The summed E-state index contributed by atoms with van der Waals surface area (Å²) in [6, 6.07) is 0. The van der Waals surface area contributed by atoms with Crippen molar-refractivity contribution >= 4 is 6.21 Å². The molecule has 0 saturated carbocycles. The van der Waals surface area contributed by atoms with Crippen LogP contribution in [0.4, 0.5) is 0 Å². The highest BCUT2D eigenvalue weighted by molar-refractivity contribution is 5.75. The third-order valence-corrected chi connectivity index (χ3v) is 1.65. The van der Waals surface area contributed by atoms with Crippen LogP contribution in [0.5, 0.6) is 0 Å². The van der Waals surface area contributed by atoms with E-state index < -0.39 is 0 Å². The zero-order valence-corrected chi connectivity index (χ0v) is 8.23. The van der Waals surface area contributed by atoms with Gasteiger partial charge in [-0.05, 0) is 13.8 Å². The van der Waals surface area contributed by atoms with Crippen LogP contribution in [0.2, 0.25) is 0 Å². The summed E-state index contributed by atoms with van der Waals surface area (Å²) in [5, 5.41) is 5.98. The molecule has 0 amide bonds. The van der Waals surface area contributed by atoms with Crippen LogP contribution in [0, 0.1) is 6.92 Å². The molecule has 0 aliphatic heterocycles. The number of hydrazone groups is 1. The smallest absolute Gasteiger partial charge is 0.101 e. The number of aryl methyl sites for hydroxylation is 1. The van der Waals surface area contributed by atoms with Gasteiger partial charge in [-0.25, -0.2) is 0 Å². The van der Waals surface area contributed by atoms with Crippen molar-refractivity contribution in [2.75, 3.05) is 13.6 Å². The van der Waals surface area contributed by atoms with Gasteiger partial charge >= 0.3 is 0 Å². The molecule has 0 radical (unpaired) electrons. The van der Waals surface area contributed by atoms with Gasteiger partial charge in [0.25, 0.3) is 0 Å². The molecule has 0 unspecified atom stereocenters. The molecule has 0 spiro atoms. The first kappa shape index (κ1) is 9.64. The Morgan fingerprint density at radius 3 is 2.77 bits per heavy atom. The maximum atomic E-state index is 4.15. The zero-order chi connectivity index (χ0) is 9.68. The van der Waals surface area contributed by atoms with Gasteiger partial charge in [0.05, 0.1) is 18.1 Å². The summed E-state index contributed by atoms with van der Waals surface area (Å²) in [7, 11) is 1.91. The van der Waals surface area contributed by atoms with Crippen molar-refractivity contribution in [1.29, 1.82) is 0 Å². The molecule has 0 N–H and O–H groups in total. The zero-order valence-electron chi connectivity index (χ0n) is 8.23. The van der Waals surface area contributed by atoms with Crippen molar-refractivity contribution in [3.05, 3.63) is 23.8 Å². The first-order chi connectivity index (χ1) is 6.22. The Kier molecular flexibility index (Phi) is 3.37. The minimum atomic E-state index is 0.783. The molecule has 0 bridgehead atoms. The van der Waals surface area contributed by atoms with Crippen molar-refractivity contribution in [1.82, 2.24) is 15.0 Å². The first-order valence-corrected chi connectivity index (χ1v) is 4.26. The molecule has 1 aromatic heterocycles. The van der Waals surface area contributed by atoms with E-state index in [0.717, 1.165) is 17.9 Å². The van der Waals surface area contributed by atoms with E-state index in [1.807, 2.05) is 25.9 Å². The Bertz CT molecular complexity index is 278. The summed E-state index contributed by atoms with van der Waals surface area (Å²) in [5.74, 6) is 0. The minimum absolute atomic E-state index is 0.783. The van der Waals surface area contributed by atoms with Gasteiger partial charge in [0.1, 0.15) is 5.69 Å². The Labute approximate surface area is 78.3 Å². The highest BCUT2D eigenvalue weighted by Crippen LogP contribution is 1.91. The fraction of sp³-hybridized carbons (Fsp3) is 0.444. The van der Waals surface area contributed by atoms with Crippen molar-refractivity contribution in [3.8, 4) is 0 Å². The van der Waals surface area contributed by atoms with Gasteiger partial charge in [0.2, 0.25) is 0 Å². The summed E-state index contributed by atoms with van der Waals surface area (Å²) in [4.78, 5) is 8.26. The molecular formula is C9H14N4. The molecule has 0 aliphatic carbocycles. The van der Waals surface area contributed by atoms with E-state index in [-0.39, 0.29) is 0 Å². The van der Waals surface area contributed by atoms with Gasteiger partial charge in [0.15, 0.2) is 0 Å². The van der Waals surface area contributed by atoms with Crippen LogP contribution < -0.4 is 0 Å². The van der Waals surface area contributed by atoms with Crippen molar-refractivity contribution < 1.29 is 0 Å². The Balaban J connectivity index is 2.64. The fourth-order valence-corrected chi connectivity index (χ4v) is 0.709. The molecule has 0 aliphatic rings. The number of nitrogens with zero attached hydrogens (tertiary/aromatic N) is 4. The quantitative estimate of drug-likeness (QED) is 0.513. The molecule has 0 fully saturated rings. The summed E-state index contributed by atoms with van der Waals surface area (Å²) < 4.78 is 0. The lowest BCUT2D eigenvalue weighted by Crippen LogP contribution is -2.09. The highest BCUT2D eigenvalue weighted by Gasteiger charge is 1.90. The van der Waals surface area contributed by atoms with E-state index in [1.165, 1.54) is 0 Å². The van der Waals surface area contributed by atoms with Gasteiger partial charge in [-0.3, -0.25) is 9.97 Å². The van der Waals surface area contributed by atoms with Gasteiger partial charge in [-0.2, -0.15) is 5.10 Å². The predicted molar refractivity (Wildman–Crippen MR) is 52.7 cm³/mol. The number of hydrogen-bond donors (Lipinski definition) is 0. The Morgan fingerprint density at radius 2 is 2.23 bits per heavy atom. The van der Waals surface area contributed by atoms with E-state index in [4.69, 9.17) is 0 Å². The molecule has 0 atom stereocenters. The van der Waals surface area contributed by atoms with Gasteiger partial charge < -0.3 is 5.01 Å². The van der Waals surface area contributed by atoms with Crippen LogP contribution in [0.25, 0.3) is 0 Å². The minimum Gasteiger partial charge on any atom is -0.300 e. The topological polar surface area (TPSA) is 41.4 Å². The largest absolute Gasteiger partial charge is 0.300 e. The van der Waals surface area contributed by atoms with Crippen LogP contribution in [0.1, 0.15) is 18.3 Å². The summed E-state index contributed by atoms with van der Waals surface area (Å²) in [6.07, 6.45) is 5.14. The van der Waals surface area contributed by atoms with E-state index in [9.17, 15) is 0 Å². The number of rotatable bonds is 3. The molecule has 70 valence electrons. The highest BCUT2D eigenvalue weighted by atomic mass is 15.4. The van der Waals surface area contributed by atoms with Crippen LogP contribution in [-0.2, 0) is 0 Å². The molecule has 13 heavy (non-hydrogen) atoms. The van der Waals surface area contributed by atoms with Crippen LogP contribution in [-0.4, -0.2) is 34.8 Å². The molecule has 4 heteroatoms. The first-order valence-electron chi connectivity index (χ1n) is 4.26. The second kappa shape index (κ2) is 4.54. The van der Waals surface area contributed by atoms with Crippen LogP contribution in [0.15, 0.2) is 17.5 Å². The van der Waals surface area contributed by atoms with Gasteiger partial charge in [-0.1, -0.05) is 0 Å². The third kappa shape index (κ3) is 3.19. The molecule has 0 saturated heterocycles. The van der Waals surface area contributed by atoms with Crippen LogP contribution >= 0.6 is 0 Å². The molecular weight excluding hydrogens is 164 g/mol. The molecule has 1 rings (SSSR count). The molecule has 0 aromatic carbocycles. The van der Waals surface area contributed by atoms with Gasteiger partial charge in [-0.15, -0.1) is 0 Å². The summed E-state index contributed by atoms with van der Waals surface area (Å²) in [5.41, 5.74) is 1.70. The van der Waals surface area contributed by atoms with Crippen molar-refractivity contribution in [2.45, 2.75) is 13.8 Å². The second-order valence-electron chi connectivity index (χ2n) is 2.80. The standard InChI is InChI=1S/C9H14N4/c1-4-13(3)12-7-9-6-10-8(2)5-11-9/h5-7H,4H2,1-3H3/b12-7+. The maximum Gasteiger partial charge on any atom is 0.101 e. The van der Waals surface area contributed by atoms with Crippen molar-refractivity contribution in [2.24, 2.45) is 5.10 Å². The maximum absolute atomic E-state index is 4.15. The van der Waals surface area contributed by atoms with Gasteiger partial charge in [0, 0.05) is 19.8 Å². The van der Waals surface area contributed by atoms with Crippen molar-refractivity contribution in [3.63, 3.8) is 0 Å². The lowest BCUT2D eigenvalue weighted by Gasteiger charge is -2.07. The average Bonchev–Trinajstić information content (AvgIpc) is 2.16. The fourth-order valence-electron chi connectivity index (χ4n) is 0.709. The van der Waals surface area contributed by atoms with E-state index >= 15 is 0 Å². The molecule has 4 nitrogen and oxygen atoms in total. The van der Waals surface area contributed by atoms with Crippen LogP contribution in [0.3, 0.4) is 0 Å². The number of hydrogen-bond acceptors (Lipinski definition) is 4. The summed E-state index contributed by atoms with van der Waals surface area (Å²) in [6.45, 7) is 4.83. The molecule has 1 aromatic rings. The Hall–Kier alpha value is -1.45. The molecule has 1 heterocycles. The normalized spacial score (nSPS) is 10.7. The average molecular weight is 178 g/mol. The summed E-state index contributed by atoms with van der Waals surface area (Å²) >= 11 is 0. The number of aromatic nitrogens is 2. The predicted octanol–water partition coefficient (Wildman–Crippen LogP) is 1.07. The monoisotopic (exact) mass is 178 g/mol. The van der Waals surface area contributed by atoms with E-state index in [2.05, 4.69) is 15.1 Å². The van der Waals surface area contributed by atoms with E-state index in [1.54, 1.807) is 18.6 Å². The SMILES string of the molecule is CCN(C)/N=C/c1cnc(C)cn1. The second-order valence-corrected chi connectivity index (χ2v) is 2.80. The van der Waals surface area contributed by atoms with E-state index in [0.29, 0.717) is 0 Å². The Morgan fingerprint density at radius 1 is 1.46 bits per heavy atom.